The van der Waals surface area contributed by atoms with Crippen molar-refractivity contribution in [3.63, 3.8) is 0 Å². The van der Waals surface area contributed by atoms with Gasteiger partial charge < -0.3 is 10.2 Å². The molecule has 5 nitrogen and oxygen atoms in total. The Morgan fingerprint density at radius 3 is 2.93 bits per heavy atom. The highest BCUT2D eigenvalue weighted by molar-refractivity contribution is 8.01. The van der Waals surface area contributed by atoms with Gasteiger partial charge in [0, 0.05) is 18.3 Å². The van der Waals surface area contributed by atoms with Crippen LogP contribution >= 0.6 is 23.1 Å². The van der Waals surface area contributed by atoms with E-state index >= 15 is 0 Å². The second-order valence-corrected chi connectivity index (χ2v) is 9.64. The van der Waals surface area contributed by atoms with E-state index in [0.29, 0.717) is 11.8 Å². The number of likely N-dealkylation sites (tertiary alicyclic amines) is 1. The lowest BCUT2D eigenvalue weighted by Crippen LogP contribution is -2.50. The molecule has 1 aliphatic heterocycles. The average molecular weight is 403 g/mol. The minimum atomic E-state index is 0.264. The molecule has 1 aromatic heterocycles. The lowest BCUT2D eigenvalue weighted by atomic mass is 9.78. The Labute approximate surface area is 168 Å². The summed E-state index contributed by atoms with van der Waals surface area (Å²) < 4.78 is 0.844. The van der Waals surface area contributed by atoms with Crippen LogP contribution in [0.5, 0.6) is 0 Å². The van der Waals surface area contributed by atoms with Crippen LogP contribution in [0.15, 0.2) is 28.6 Å². The predicted molar refractivity (Wildman–Crippen MR) is 112 cm³/mol. The van der Waals surface area contributed by atoms with Crippen LogP contribution in [-0.4, -0.2) is 39.3 Å². The van der Waals surface area contributed by atoms with Gasteiger partial charge in [-0.15, -0.1) is 10.2 Å². The quantitative estimate of drug-likeness (QED) is 0.724. The average Bonchev–Trinajstić information content (AvgIpc) is 3.15. The highest BCUT2D eigenvalue weighted by Crippen LogP contribution is 2.36. The maximum atomic E-state index is 12.8. The van der Waals surface area contributed by atoms with E-state index in [2.05, 4.69) is 33.4 Å². The number of anilines is 2. The predicted octanol–water partition coefficient (Wildman–Crippen LogP) is 4.86. The number of hydrogen-bond acceptors (Lipinski definition) is 6. The number of aromatic nitrogens is 2. The van der Waals surface area contributed by atoms with Crippen molar-refractivity contribution in [1.29, 1.82) is 0 Å². The molecule has 0 spiro atoms. The summed E-state index contributed by atoms with van der Waals surface area (Å²) in [6.07, 6.45) is 7.53. The van der Waals surface area contributed by atoms with Gasteiger partial charge in [-0.05, 0) is 50.2 Å². The minimum absolute atomic E-state index is 0.264. The van der Waals surface area contributed by atoms with Gasteiger partial charge in [-0.2, -0.15) is 0 Å². The molecular formula is C20H26N4OS2. The maximum Gasteiger partial charge on any atom is 0.233 e. The minimum Gasteiger partial charge on any atom is -0.339 e. The van der Waals surface area contributed by atoms with Crippen molar-refractivity contribution in [3.05, 3.63) is 29.8 Å². The van der Waals surface area contributed by atoms with E-state index in [0.717, 1.165) is 34.0 Å². The molecule has 7 heteroatoms. The summed E-state index contributed by atoms with van der Waals surface area (Å²) in [6.45, 7) is 2.99. The molecule has 1 amide bonds. The summed E-state index contributed by atoms with van der Waals surface area (Å²) in [5.74, 6) is 1.45. The Morgan fingerprint density at radius 2 is 2.04 bits per heavy atom. The number of rotatable bonds is 5. The van der Waals surface area contributed by atoms with Gasteiger partial charge >= 0.3 is 0 Å². The second kappa shape index (κ2) is 8.61. The lowest BCUT2D eigenvalue weighted by Gasteiger charge is -2.44. The number of para-hydroxylation sites is 1. The van der Waals surface area contributed by atoms with Crippen molar-refractivity contribution < 1.29 is 4.79 Å². The topological polar surface area (TPSA) is 58.1 Å². The van der Waals surface area contributed by atoms with Crippen molar-refractivity contribution >= 4 is 39.8 Å². The number of nitrogens with zero attached hydrogens (tertiary/aromatic N) is 3. The first-order valence-electron chi connectivity index (χ1n) is 9.79. The number of aryl methyl sites for hydroxylation is 1. The van der Waals surface area contributed by atoms with Crippen LogP contribution in [0, 0.1) is 12.8 Å². The number of piperidine rings is 1. The molecule has 27 heavy (non-hydrogen) atoms. The highest BCUT2D eigenvalue weighted by atomic mass is 32.2. The SMILES string of the molecule is Cc1ccccc1Nc1nnc(SCC(=O)N2CCC[C@H]3CCCC[C@@H]32)s1. The Balaban J connectivity index is 1.33. The number of nitrogens with one attached hydrogen (secondary N) is 1. The van der Waals surface area contributed by atoms with Crippen molar-refractivity contribution in [2.75, 3.05) is 17.6 Å². The van der Waals surface area contributed by atoms with Crippen LogP contribution in [0.1, 0.15) is 44.1 Å². The third kappa shape index (κ3) is 4.46. The molecule has 2 heterocycles. The van der Waals surface area contributed by atoms with Gasteiger partial charge in [0.1, 0.15) is 0 Å². The number of carbonyl (C=O) groups is 1. The smallest absolute Gasteiger partial charge is 0.233 e. The first kappa shape index (κ1) is 18.7. The van der Waals surface area contributed by atoms with E-state index in [-0.39, 0.29) is 5.91 Å². The Kier molecular flexibility index (Phi) is 5.98. The molecule has 1 aromatic carbocycles. The molecule has 2 fully saturated rings. The van der Waals surface area contributed by atoms with E-state index in [4.69, 9.17) is 0 Å². The van der Waals surface area contributed by atoms with Gasteiger partial charge in [-0.3, -0.25) is 4.79 Å². The van der Waals surface area contributed by atoms with Gasteiger partial charge in [0.05, 0.1) is 5.75 Å². The van der Waals surface area contributed by atoms with E-state index in [1.165, 1.54) is 60.8 Å². The molecule has 2 atom stereocenters. The number of thioether (sulfide) groups is 1. The molecule has 2 aliphatic rings. The van der Waals surface area contributed by atoms with Gasteiger partial charge in [-0.25, -0.2) is 0 Å². The number of fused-ring (bicyclic) bond motifs is 1. The molecule has 2 aromatic rings. The van der Waals surface area contributed by atoms with Crippen molar-refractivity contribution in [2.45, 2.75) is 55.8 Å². The van der Waals surface area contributed by atoms with Gasteiger partial charge in [0.15, 0.2) is 4.34 Å². The zero-order valence-electron chi connectivity index (χ0n) is 15.7. The molecular weight excluding hydrogens is 376 g/mol. The molecule has 144 valence electrons. The fraction of sp³-hybridized carbons (Fsp3) is 0.550. The van der Waals surface area contributed by atoms with Crippen molar-refractivity contribution in [3.8, 4) is 0 Å². The van der Waals surface area contributed by atoms with Crippen LogP contribution in [-0.2, 0) is 4.79 Å². The van der Waals surface area contributed by atoms with Crippen LogP contribution in [0.3, 0.4) is 0 Å². The summed E-state index contributed by atoms with van der Waals surface area (Å²) in [6, 6.07) is 8.60. The van der Waals surface area contributed by atoms with Gasteiger partial charge in [0.25, 0.3) is 0 Å². The van der Waals surface area contributed by atoms with Crippen LogP contribution in [0.25, 0.3) is 0 Å². The fourth-order valence-corrected chi connectivity index (χ4v) is 5.94. The maximum absolute atomic E-state index is 12.8. The van der Waals surface area contributed by atoms with Crippen LogP contribution in [0.4, 0.5) is 10.8 Å². The van der Waals surface area contributed by atoms with E-state index in [1.807, 2.05) is 18.2 Å². The fourth-order valence-electron chi connectivity index (χ4n) is 4.29. The van der Waals surface area contributed by atoms with Gasteiger partial charge in [0.2, 0.25) is 11.0 Å². The molecule has 1 N–H and O–H groups in total. The number of amides is 1. The number of hydrogen-bond donors (Lipinski definition) is 1. The molecule has 0 bridgehead atoms. The summed E-state index contributed by atoms with van der Waals surface area (Å²) >= 11 is 3.02. The van der Waals surface area contributed by atoms with Crippen LogP contribution < -0.4 is 5.32 Å². The monoisotopic (exact) mass is 402 g/mol. The van der Waals surface area contributed by atoms with E-state index in [9.17, 15) is 4.79 Å². The first-order chi connectivity index (χ1) is 13.2. The lowest BCUT2D eigenvalue weighted by molar-refractivity contribution is -0.134. The highest BCUT2D eigenvalue weighted by Gasteiger charge is 2.35. The zero-order chi connectivity index (χ0) is 18.6. The molecule has 0 unspecified atom stereocenters. The van der Waals surface area contributed by atoms with Crippen LogP contribution in [0.2, 0.25) is 0 Å². The summed E-state index contributed by atoms with van der Waals surface area (Å²) in [5.41, 5.74) is 2.21. The summed E-state index contributed by atoms with van der Waals surface area (Å²) in [4.78, 5) is 15.0. The Morgan fingerprint density at radius 1 is 1.22 bits per heavy atom. The summed E-state index contributed by atoms with van der Waals surface area (Å²) in [7, 11) is 0. The molecule has 1 saturated heterocycles. The third-order valence-corrected chi connectivity index (χ3v) is 7.63. The second-order valence-electron chi connectivity index (χ2n) is 7.44. The largest absolute Gasteiger partial charge is 0.339 e. The van der Waals surface area contributed by atoms with E-state index in [1.54, 1.807) is 0 Å². The molecule has 1 saturated carbocycles. The zero-order valence-corrected chi connectivity index (χ0v) is 17.3. The molecule has 4 rings (SSSR count). The van der Waals surface area contributed by atoms with Crippen molar-refractivity contribution in [1.82, 2.24) is 15.1 Å². The number of benzene rings is 1. The number of carbonyl (C=O) groups excluding carboxylic acids is 1. The normalized spacial score (nSPS) is 22.3. The molecule has 0 radical (unpaired) electrons. The summed E-state index contributed by atoms with van der Waals surface area (Å²) in [5, 5.41) is 12.5. The van der Waals surface area contributed by atoms with E-state index < -0.39 is 0 Å². The molecule has 1 aliphatic carbocycles. The first-order valence-corrected chi connectivity index (χ1v) is 11.6. The Hall–Kier alpha value is -1.60. The standard InChI is InChI=1S/C20H26N4OS2/c1-14-7-2-4-10-16(14)21-19-22-23-20(27-19)26-13-18(25)24-12-6-9-15-8-3-5-11-17(15)24/h2,4,7,10,15,17H,3,5-6,8-9,11-13H2,1H3,(H,21,22)/t15-,17+/m1/s1. The third-order valence-electron chi connectivity index (χ3n) is 5.68. The van der Waals surface area contributed by atoms with Gasteiger partial charge in [-0.1, -0.05) is 54.1 Å². The Bertz CT molecular complexity index is 792. The van der Waals surface area contributed by atoms with Crippen molar-refractivity contribution in [2.24, 2.45) is 5.92 Å².